The third kappa shape index (κ3) is 3.07. The summed E-state index contributed by atoms with van der Waals surface area (Å²) in [5.74, 6) is 1.23. The van der Waals surface area contributed by atoms with Crippen LogP contribution in [0.2, 0.25) is 0 Å². The number of rotatable bonds is 4. The van der Waals surface area contributed by atoms with Crippen molar-refractivity contribution in [3.8, 4) is 0 Å². The SMILES string of the molecule is CC(C)C(C)C(N)Cc1sccc1Br. The molecule has 0 spiro atoms. The van der Waals surface area contributed by atoms with Crippen LogP contribution >= 0.6 is 27.3 Å². The van der Waals surface area contributed by atoms with Crippen LogP contribution in [0.15, 0.2) is 15.9 Å². The third-order valence-electron chi connectivity index (χ3n) is 2.84. The fourth-order valence-corrected chi connectivity index (χ4v) is 2.95. The number of nitrogens with two attached hydrogens (primary N) is 1. The fraction of sp³-hybridized carbons (Fsp3) is 0.636. The molecule has 0 radical (unpaired) electrons. The second-order valence-corrected chi connectivity index (χ2v) is 6.02. The molecule has 0 amide bonds. The van der Waals surface area contributed by atoms with Crippen molar-refractivity contribution in [3.05, 3.63) is 20.8 Å². The zero-order chi connectivity index (χ0) is 10.7. The van der Waals surface area contributed by atoms with E-state index < -0.39 is 0 Å². The molecular weight excluding hydrogens is 258 g/mol. The molecule has 1 aromatic rings. The van der Waals surface area contributed by atoms with Gasteiger partial charge in [0.25, 0.3) is 0 Å². The molecular formula is C11H18BrNS. The summed E-state index contributed by atoms with van der Waals surface area (Å²) in [6, 6.07) is 2.36. The smallest absolute Gasteiger partial charge is 0.0314 e. The van der Waals surface area contributed by atoms with Crippen molar-refractivity contribution in [3.63, 3.8) is 0 Å². The maximum atomic E-state index is 6.16. The molecule has 2 N–H and O–H groups in total. The summed E-state index contributed by atoms with van der Waals surface area (Å²) in [5, 5.41) is 2.10. The topological polar surface area (TPSA) is 26.0 Å². The van der Waals surface area contributed by atoms with Crippen molar-refractivity contribution in [1.29, 1.82) is 0 Å². The Morgan fingerprint density at radius 1 is 1.43 bits per heavy atom. The van der Waals surface area contributed by atoms with Gasteiger partial charge in [-0.3, -0.25) is 0 Å². The monoisotopic (exact) mass is 275 g/mol. The fourth-order valence-electron chi connectivity index (χ4n) is 1.37. The first-order valence-corrected chi connectivity index (χ1v) is 6.67. The highest BCUT2D eigenvalue weighted by molar-refractivity contribution is 9.10. The van der Waals surface area contributed by atoms with Crippen LogP contribution < -0.4 is 5.73 Å². The minimum atomic E-state index is 0.268. The summed E-state index contributed by atoms with van der Waals surface area (Å²) in [6.07, 6.45) is 0.984. The molecule has 0 saturated heterocycles. The molecule has 80 valence electrons. The molecule has 0 aromatic carbocycles. The van der Waals surface area contributed by atoms with Crippen LogP contribution in [0.3, 0.4) is 0 Å². The molecule has 1 aromatic heterocycles. The van der Waals surface area contributed by atoms with E-state index in [4.69, 9.17) is 5.73 Å². The van der Waals surface area contributed by atoms with E-state index in [-0.39, 0.29) is 6.04 Å². The minimum absolute atomic E-state index is 0.268. The third-order valence-corrected chi connectivity index (χ3v) is 4.79. The number of thiophene rings is 1. The van der Waals surface area contributed by atoms with Gasteiger partial charge in [0.15, 0.2) is 0 Å². The van der Waals surface area contributed by atoms with Gasteiger partial charge in [-0.2, -0.15) is 0 Å². The first-order chi connectivity index (χ1) is 6.52. The van der Waals surface area contributed by atoms with E-state index in [1.165, 1.54) is 9.35 Å². The Morgan fingerprint density at radius 3 is 2.50 bits per heavy atom. The zero-order valence-corrected chi connectivity index (χ0v) is 11.4. The number of halogens is 1. The summed E-state index contributed by atoms with van der Waals surface area (Å²) < 4.78 is 1.20. The highest BCUT2D eigenvalue weighted by Crippen LogP contribution is 2.26. The lowest BCUT2D eigenvalue weighted by atomic mass is 9.89. The molecule has 1 nitrogen and oxygen atoms in total. The van der Waals surface area contributed by atoms with E-state index in [1.807, 2.05) is 0 Å². The van der Waals surface area contributed by atoms with Crippen LogP contribution in [-0.4, -0.2) is 6.04 Å². The van der Waals surface area contributed by atoms with E-state index in [2.05, 4.69) is 48.1 Å². The lowest BCUT2D eigenvalue weighted by Crippen LogP contribution is -2.33. The van der Waals surface area contributed by atoms with Crippen LogP contribution in [0.25, 0.3) is 0 Å². The molecule has 14 heavy (non-hydrogen) atoms. The number of hydrogen-bond donors (Lipinski definition) is 1. The van der Waals surface area contributed by atoms with Gasteiger partial charge in [-0.25, -0.2) is 0 Å². The predicted molar refractivity (Wildman–Crippen MR) is 67.7 cm³/mol. The van der Waals surface area contributed by atoms with Crippen LogP contribution in [0.5, 0.6) is 0 Å². The van der Waals surface area contributed by atoms with Crippen molar-refractivity contribution in [2.24, 2.45) is 17.6 Å². The van der Waals surface area contributed by atoms with Crippen molar-refractivity contribution in [1.82, 2.24) is 0 Å². The van der Waals surface area contributed by atoms with E-state index in [9.17, 15) is 0 Å². The number of hydrogen-bond acceptors (Lipinski definition) is 2. The maximum Gasteiger partial charge on any atom is 0.0314 e. The summed E-state index contributed by atoms with van der Waals surface area (Å²) in [7, 11) is 0. The molecule has 2 atom stereocenters. The van der Waals surface area contributed by atoms with Gasteiger partial charge in [0, 0.05) is 15.4 Å². The first kappa shape index (κ1) is 12.2. The molecule has 0 saturated carbocycles. The normalized spacial score (nSPS) is 15.9. The van der Waals surface area contributed by atoms with E-state index >= 15 is 0 Å². The van der Waals surface area contributed by atoms with Gasteiger partial charge in [0.2, 0.25) is 0 Å². The van der Waals surface area contributed by atoms with Crippen LogP contribution in [-0.2, 0) is 6.42 Å². The summed E-state index contributed by atoms with van der Waals surface area (Å²) in [6.45, 7) is 6.69. The largest absolute Gasteiger partial charge is 0.327 e. The van der Waals surface area contributed by atoms with Gasteiger partial charge in [-0.1, -0.05) is 20.8 Å². The molecule has 1 heterocycles. The lowest BCUT2D eigenvalue weighted by Gasteiger charge is -2.22. The van der Waals surface area contributed by atoms with Crippen molar-refractivity contribution in [2.75, 3.05) is 0 Å². The molecule has 0 aliphatic rings. The Hall–Kier alpha value is 0.140. The quantitative estimate of drug-likeness (QED) is 0.892. The Morgan fingerprint density at radius 2 is 2.07 bits per heavy atom. The Labute approximate surface area is 98.8 Å². The van der Waals surface area contributed by atoms with Crippen molar-refractivity contribution >= 4 is 27.3 Å². The molecule has 0 aliphatic heterocycles. The average molecular weight is 276 g/mol. The lowest BCUT2D eigenvalue weighted by molar-refractivity contribution is 0.345. The molecule has 0 aliphatic carbocycles. The maximum absolute atomic E-state index is 6.16. The second kappa shape index (κ2) is 5.29. The van der Waals surface area contributed by atoms with E-state index in [0.29, 0.717) is 11.8 Å². The van der Waals surface area contributed by atoms with Crippen LogP contribution in [0.4, 0.5) is 0 Å². The minimum Gasteiger partial charge on any atom is -0.327 e. The Kier molecular flexibility index (Phi) is 4.61. The average Bonchev–Trinajstić information content (AvgIpc) is 2.50. The Bertz CT molecular complexity index is 283. The van der Waals surface area contributed by atoms with Gasteiger partial charge in [0.1, 0.15) is 0 Å². The van der Waals surface area contributed by atoms with Gasteiger partial charge in [0.05, 0.1) is 0 Å². The van der Waals surface area contributed by atoms with Crippen molar-refractivity contribution in [2.45, 2.75) is 33.2 Å². The summed E-state index contributed by atoms with van der Waals surface area (Å²) in [4.78, 5) is 1.37. The van der Waals surface area contributed by atoms with E-state index in [0.717, 1.165) is 6.42 Å². The van der Waals surface area contributed by atoms with Gasteiger partial charge in [-0.05, 0) is 45.6 Å². The molecule has 3 heteroatoms. The Balaban J connectivity index is 2.57. The van der Waals surface area contributed by atoms with E-state index in [1.54, 1.807) is 11.3 Å². The van der Waals surface area contributed by atoms with Gasteiger partial charge < -0.3 is 5.73 Å². The van der Waals surface area contributed by atoms with Gasteiger partial charge in [-0.15, -0.1) is 11.3 Å². The highest BCUT2D eigenvalue weighted by Gasteiger charge is 2.17. The molecule has 0 bridgehead atoms. The molecule has 1 rings (SSSR count). The molecule has 2 unspecified atom stereocenters. The first-order valence-electron chi connectivity index (χ1n) is 4.99. The summed E-state index contributed by atoms with van der Waals surface area (Å²) in [5.41, 5.74) is 6.16. The highest BCUT2D eigenvalue weighted by atomic mass is 79.9. The van der Waals surface area contributed by atoms with Crippen molar-refractivity contribution < 1.29 is 0 Å². The predicted octanol–water partition coefficient (Wildman–Crippen LogP) is 3.67. The second-order valence-electron chi connectivity index (χ2n) is 4.16. The van der Waals surface area contributed by atoms with Crippen LogP contribution in [0, 0.1) is 11.8 Å². The standard InChI is InChI=1S/C11H18BrNS/c1-7(2)8(3)10(13)6-11-9(12)4-5-14-11/h4-5,7-8,10H,6,13H2,1-3H3. The zero-order valence-electron chi connectivity index (χ0n) is 8.96. The van der Waals surface area contributed by atoms with Crippen LogP contribution in [0.1, 0.15) is 25.6 Å². The van der Waals surface area contributed by atoms with Gasteiger partial charge >= 0.3 is 0 Å². The summed E-state index contributed by atoms with van der Waals surface area (Å²) >= 11 is 5.32. The molecule has 0 fully saturated rings.